The van der Waals surface area contributed by atoms with E-state index in [-0.39, 0.29) is 25.8 Å². The third kappa shape index (κ3) is 33.6. The quantitative estimate of drug-likeness (QED) is 0.0225. The number of nitrogens with two attached hydrogens (primary N) is 3. The van der Waals surface area contributed by atoms with Crippen molar-refractivity contribution in [2.75, 3.05) is 26.2 Å². The van der Waals surface area contributed by atoms with Gasteiger partial charge < -0.3 is 122 Å². The zero-order valence-electron chi connectivity index (χ0n) is 61.9. The van der Waals surface area contributed by atoms with Crippen molar-refractivity contribution in [3.05, 3.63) is 36.0 Å². The number of cyclic esters (lactones) is 1. The number of rotatable bonds is 35. The van der Waals surface area contributed by atoms with Gasteiger partial charge in [-0.25, -0.2) is 4.79 Å². The second-order valence-corrected chi connectivity index (χ2v) is 26.7. The second-order valence-electron chi connectivity index (χ2n) is 26.7. The first-order chi connectivity index (χ1) is 52.3. The number of fused-ring (bicyclic) bond motifs is 1. The molecule has 43 heteroatoms. The minimum absolute atomic E-state index is 0.00999. The maximum absolute atomic E-state index is 14.6. The number of hydrogen-bond acceptors (Lipinski definition) is 23. The van der Waals surface area contributed by atoms with Gasteiger partial charge >= 0.3 is 29.8 Å². The number of ether oxygens (including phenoxy) is 1. The largest absolute Gasteiger partial charge is 0.481 e. The van der Waals surface area contributed by atoms with Crippen molar-refractivity contribution in [2.24, 2.45) is 29.0 Å². The number of nitrogens with one attached hydrogen (secondary N) is 14. The number of para-hydroxylation sites is 1. The molecule has 1 aromatic heterocycles. The van der Waals surface area contributed by atoms with Gasteiger partial charge in [-0.05, 0) is 62.6 Å². The predicted molar refractivity (Wildman–Crippen MR) is 383 cm³/mol. The van der Waals surface area contributed by atoms with E-state index in [9.17, 15) is 121 Å². The Balaban J connectivity index is 2.19. The van der Waals surface area contributed by atoms with Crippen molar-refractivity contribution >= 4 is 129 Å². The highest BCUT2D eigenvalue weighted by atomic mass is 16.5. The topological polar surface area (TPSA) is 702 Å². The number of aliphatic hydroxyl groups excluding tert-OH is 1. The summed E-state index contributed by atoms with van der Waals surface area (Å²) in [5, 5.41) is 78.0. The Morgan fingerprint density at radius 2 is 1.05 bits per heavy atom. The lowest BCUT2D eigenvalue weighted by Crippen LogP contribution is -2.62. The average molecular weight is 1570 g/mol. The molecule has 0 radical (unpaired) electrons. The molecule has 1 aromatic carbocycles. The van der Waals surface area contributed by atoms with E-state index in [4.69, 9.17) is 21.9 Å². The number of carbonyl (C=O) groups excluding carboxylic acids is 16. The van der Waals surface area contributed by atoms with Crippen LogP contribution in [0, 0.1) is 11.8 Å². The third-order valence-electron chi connectivity index (χ3n) is 17.3. The number of hydrogen-bond donors (Lipinski definition) is 22. The number of aliphatic carboxylic acids is 4. The van der Waals surface area contributed by atoms with Gasteiger partial charge in [0.2, 0.25) is 88.6 Å². The van der Waals surface area contributed by atoms with Gasteiger partial charge in [0.15, 0.2) is 0 Å². The molecule has 1 aliphatic rings. The van der Waals surface area contributed by atoms with Crippen molar-refractivity contribution in [1.82, 2.24) is 74.1 Å². The zero-order valence-corrected chi connectivity index (χ0v) is 61.9. The number of unbranched alkanes of at least 4 members (excludes halogenated alkanes) is 3. The summed E-state index contributed by atoms with van der Waals surface area (Å²) in [5.41, 5.74) is 17.8. The fourth-order valence-corrected chi connectivity index (χ4v) is 11.0. The Hall–Kier alpha value is -11.9. The number of benzene rings is 1. The summed E-state index contributed by atoms with van der Waals surface area (Å²) in [4.78, 5) is 272. The Morgan fingerprint density at radius 3 is 1.60 bits per heavy atom. The van der Waals surface area contributed by atoms with Gasteiger partial charge in [-0.15, -0.1) is 0 Å². The van der Waals surface area contributed by atoms with Crippen molar-refractivity contribution < 1.29 is 126 Å². The number of esters is 1. The van der Waals surface area contributed by atoms with Gasteiger partial charge in [0.05, 0.1) is 51.8 Å². The molecule has 2 heterocycles. The molecule has 0 spiro atoms. The molecule has 0 aliphatic carbocycles. The smallest absolute Gasteiger partial charge is 0.329 e. The van der Waals surface area contributed by atoms with Crippen LogP contribution in [0.25, 0.3) is 10.9 Å². The van der Waals surface area contributed by atoms with Gasteiger partial charge in [-0.1, -0.05) is 78.0 Å². The highest BCUT2D eigenvalue weighted by Gasteiger charge is 2.40. The van der Waals surface area contributed by atoms with Gasteiger partial charge in [0, 0.05) is 36.4 Å². The van der Waals surface area contributed by atoms with E-state index < -0.39 is 268 Å². The lowest BCUT2D eigenvalue weighted by Gasteiger charge is -2.30. The van der Waals surface area contributed by atoms with Crippen LogP contribution in [0.5, 0.6) is 0 Å². The van der Waals surface area contributed by atoms with Crippen LogP contribution < -0.4 is 86.3 Å². The first-order valence-electron chi connectivity index (χ1n) is 35.6. The molecular weight excluding hydrogens is 1470 g/mol. The predicted octanol–water partition coefficient (Wildman–Crippen LogP) is -6.97. The molecule has 15 amide bonds. The van der Waals surface area contributed by atoms with E-state index in [1.807, 2.05) is 21.3 Å². The number of H-pyrrole nitrogens is 1. The van der Waals surface area contributed by atoms with Crippen molar-refractivity contribution in [3.8, 4) is 0 Å². The summed E-state index contributed by atoms with van der Waals surface area (Å²) in [6, 6.07) is -15.5. The molecule has 111 heavy (non-hydrogen) atoms. The van der Waals surface area contributed by atoms with E-state index in [2.05, 4.69) is 66.7 Å². The van der Waals surface area contributed by atoms with Crippen LogP contribution in [0.3, 0.4) is 0 Å². The molecule has 1 aliphatic heterocycles. The Morgan fingerprint density at radius 1 is 0.541 bits per heavy atom. The van der Waals surface area contributed by atoms with Crippen LogP contribution in [0.4, 0.5) is 0 Å². The summed E-state index contributed by atoms with van der Waals surface area (Å²) in [6.07, 6.45) is -4.03. The van der Waals surface area contributed by atoms with Crippen LogP contribution in [0.15, 0.2) is 30.5 Å². The summed E-state index contributed by atoms with van der Waals surface area (Å²) >= 11 is 0. The first kappa shape index (κ1) is 93.3. The summed E-state index contributed by atoms with van der Waals surface area (Å²) in [7, 11) is 0. The van der Waals surface area contributed by atoms with Crippen molar-refractivity contribution in [3.63, 3.8) is 0 Å². The molecule has 2 aromatic rings. The molecule has 3 rings (SSSR count). The lowest BCUT2D eigenvalue weighted by atomic mass is 10.00. The SMILES string of the molecule is CCC(C)CCCCCCC(=O)NC(Cc1c[nH]c2ccccc12)C(=O)NC(CC(N)=O)C(=O)NC(CC(=O)O)C(=O)NC1C(=O)NCC(=O)NC(CCCN)C(=O)NC(CC(=O)O)C(=O)NC(CC(N)=O)C(=O)NC(CC(=O)O)C(=O)NCC(=O)NC(CO)C(=O)NC(CCC(=O)O)C(=O)NC(C(C)C)C(=O)OC1C. The highest BCUT2D eigenvalue weighted by molar-refractivity contribution is 6.02. The lowest BCUT2D eigenvalue weighted by molar-refractivity contribution is -0.157. The first-order valence-corrected chi connectivity index (χ1v) is 35.6. The monoisotopic (exact) mass is 1570 g/mol. The molecule has 0 bridgehead atoms. The molecular formula is C68H101N17O26. The number of carboxylic acids is 4. The highest BCUT2D eigenvalue weighted by Crippen LogP contribution is 2.21. The van der Waals surface area contributed by atoms with E-state index in [0.29, 0.717) is 35.2 Å². The number of aliphatic hydroxyl groups is 1. The van der Waals surface area contributed by atoms with Crippen LogP contribution in [-0.2, 0) is 107 Å². The Bertz CT molecular complexity index is 3700. The molecule has 13 atom stereocenters. The number of aromatic nitrogens is 1. The molecule has 614 valence electrons. The minimum Gasteiger partial charge on any atom is -0.481 e. The molecule has 1 fully saturated rings. The zero-order chi connectivity index (χ0) is 83.4. The summed E-state index contributed by atoms with van der Waals surface area (Å²) in [6.45, 7) is 3.94. The number of carbonyl (C=O) groups is 20. The standard InChI is InChI=1S/C68H101N17O26/c1-6-33(4)14-9-7-8-10-18-49(89)76-40(22-35-28-72-37-16-12-11-15-36(35)37)61(103)79-42(24-48(71)88)63(105)83-45(27-55(98)99)65(107)85-57-34(5)111-68(110)56(32(2)3)84-60(102)39(19-20-52(92)93)78-66(108)46(31-86)77-51(91)29-73-58(100)43(25-53(94)95)81-62(104)41(23-47(70)87)80-64(106)44(26-54(96)97)82-59(101)38(17-13-21-69)75-50(90)30-74-67(57)109/h11-12,15-16,28,32-34,38-46,56-57,72,86H,6-10,13-14,17-27,29-31,69H2,1-5H3,(H2,70,87)(H2,71,88)(H,73,100)(H,74,109)(H,75,90)(H,76,89)(H,77,91)(H,78,108)(H,79,103)(H,80,106)(H,81,104)(H,82,101)(H,83,105)(H,84,102)(H,85,107)(H,92,93)(H,94,95)(H,96,97)(H,98,99). The molecule has 25 N–H and O–H groups in total. The average Bonchev–Trinajstić information content (AvgIpc) is 1.79. The molecule has 13 unspecified atom stereocenters. The number of amides is 15. The van der Waals surface area contributed by atoms with Crippen molar-refractivity contribution in [2.45, 2.75) is 216 Å². The van der Waals surface area contributed by atoms with Gasteiger partial charge in [-0.3, -0.25) is 91.1 Å². The summed E-state index contributed by atoms with van der Waals surface area (Å²) in [5.74, 6) is -28.9. The Kier molecular flexibility index (Phi) is 39.6. The van der Waals surface area contributed by atoms with Crippen LogP contribution in [0.2, 0.25) is 0 Å². The fourth-order valence-electron chi connectivity index (χ4n) is 11.0. The number of carboxylic acid groups (broad SMARTS) is 4. The normalized spacial score (nSPS) is 21.6. The van der Waals surface area contributed by atoms with Gasteiger partial charge in [0.25, 0.3) is 0 Å². The van der Waals surface area contributed by atoms with Crippen molar-refractivity contribution in [1.29, 1.82) is 0 Å². The van der Waals surface area contributed by atoms with Crippen LogP contribution in [-0.4, -0.2) is 248 Å². The Labute approximate surface area is 635 Å². The van der Waals surface area contributed by atoms with Gasteiger partial charge in [0.1, 0.15) is 72.6 Å². The van der Waals surface area contributed by atoms with E-state index in [1.54, 1.807) is 30.5 Å². The minimum atomic E-state index is -2.34. The fraction of sp³-hybridized carbons (Fsp3) is 0.588. The third-order valence-corrected chi connectivity index (χ3v) is 17.3. The van der Waals surface area contributed by atoms with E-state index in [1.165, 1.54) is 13.8 Å². The molecule has 1 saturated heterocycles. The van der Waals surface area contributed by atoms with E-state index in [0.717, 1.165) is 32.6 Å². The number of aromatic amines is 1. The van der Waals surface area contributed by atoms with Crippen LogP contribution >= 0.6 is 0 Å². The van der Waals surface area contributed by atoms with Crippen LogP contribution in [0.1, 0.15) is 143 Å². The maximum Gasteiger partial charge on any atom is 0.329 e. The summed E-state index contributed by atoms with van der Waals surface area (Å²) < 4.78 is 5.63. The van der Waals surface area contributed by atoms with Gasteiger partial charge in [-0.2, -0.15) is 0 Å². The second kappa shape index (κ2) is 47.1. The number of primary amides is 2. The maximum atomic E-state index is 14.6. The van der Waals surface area contributed by atoms with E-state index >= 15 is 0 Å². The molecule has 0 saturated carbocycles. The molecule has 43 nitrogen and oxygen atoms in total.